The Morgan fingerprint density at radius 1 is 1.25 bits per heavy atom. The number of hydrogen-bond donors (Lipinski definition) is 2. The van der Waals surface area contributed by atoms with E-state index in [4.69, 9.17) is 9.47 Å². The Kier molecular flexibility index (Phi) is 6.14. The van der Waals surface area contributed by atoms with Crippen molar-refractivity contribution in [3.05, 3.63) is 63.6 Å². The summed E-state index contributed by atoms with van der Waals surface area (Å²) in [5.74, 6) is -1.06. The molecule has 0 saturated heterocycles. The monoisotopic (exact) mass is 455 g/mol. The standard InChI is InChI=1S/C24H22FNO5S/c1-3-11-31-21-15(5-4-6-17(21)30-2)16-12-18(27)26-20-19(13-7-9-14(25)10-8-13)23(24(28)29)32-22(16)20/h4-10,16H,3,11-12H2,1-2H3,(H,26,27)(H,28,29)/t16-/m0/s1. The number of nitrogens with one attached hydrogen (secondary N) is 1. The molecule has 0 aliphatic carbocycles. The molecule has 0 fully saturated rings. The zero-order valence-electron chi connectivity index (χ0n) is 17.6. The van der Waals surface area contributed by atoms with Crippen LogP contribution in [0.4, 0.5) is 10.1 Å². The summed E-state index contributed by atoms with van der Waals surface area (Å²) in [4.78, 5) is 25.6. The molecule has 0 spiro atoms. The van der Waals surface area contributed by atoms with Crippen molar-refractivity contribution in [1.29, 1.82) is 0 Å². The smallest absolute Gasteiger partial charge is 0.346 e. The third kappa shape index (κ3) is 3.93. The van der Waals surface area contributed by atoms with Gasteiger partial charge < -0.3 is 19.9 Å². The second-order valence-electron chi connectivity index (χ2n) is 7.39. The van der Waals surface area contributed by atoms with Crippen molar-refractivity contribution < 1.29 is 28.6 Å². The molecular weight excluding hydrogens is 433 g/mol. The van der Waals surface area contributed by atoms with E-state index in [1.54, 1.807) is 13.2 Å². The van der Waals surface area contributed by atoms with E-state index in [9.17, 15) is 19.1 Å². The van der Waals surface area contributed by atoms with Crippen molar-refractivity contribution in [3.8, 4) is 22.6 Å². The highest BCUT2D eigenvalue weighted by atomic mass is 32.1. The van der Waals surface area contributed by atoms with Crippen LogP contribution in [0.3, 0.4) is 0 Å². The molecule has 1 aliphatic rings. The van der Waals surface area contributed by atoms with E-state index in [2.05, 4.69) is 5.32 Å². The lowest BCUT2D eigenvalue weighted by Gasteiger charge is -2.26. The van der Waals surface area contributed by atoms with Gasteiger partial charge in [-0.3, -0.25) is 4.79 Å². The maximum atomic E-state index is 13.5. The number of carbonyl (C=O) groups is 2. The zero-order valence-corrected chi connectivity index (χ0v) is 18.4. The molecule has 0 saturated carbocycles. The number of methoxy groups -OCH3 is 1. The topological polar surface area (TPSA) is 84.9 Å². The summed E-state index contributed by atoms with van der Waals surface area (Å²) in [6, 6.07) is 11.1. The Labute approximate surface area is 188 Å². The van der Waals surface area contributed by atoms with Gasteiger partial charge in [-0.2, -0.15) is 0 Å². The molecule has 4 rings (SSSR count). The first kappa shape index (κ1) is 21.8. The van der Waals surface area contributed by atoms with Crippen LogP contribution in [-0.2, 0) is 4.79 Å². The number of para-hydroxylation sites is 1. The van der Waals surface area contributed by atoms with E-state index in [1.165, 1.54) is 24.3 Å². The van der Waals surface area contributed by atoms with E-state index in [0.29, 0.717) is 34.9 Å². The van der Waals surface area contributed by atoms with Crippen LogP contribution in [0.2, 0.25) is 0 Å². The number of hydrogen-bond acceptors (Lipinski definition) is 5. The number of aromatic carboxylic acids is 1. The highest BCUT2D eigenvalue weighted by Crippen LogP contribution is 2.51. The average molecular weight is 456 g/mol. The van der Waals surface area contributed by atoms with Gasteiger partial charge in [0, 0.05) is 28.3 Å². The molecule has 1 amide bonds. The summed E-state index contributed by atoms with van der Waals surface area (Å²) < 4.78 is 24.9. The fraction of sp³-hybridized carbons (Fsp3) is 0.250. The van der Waals surface area contributed by atoms with Gasteiger partial charge in [-0.05, 0) is 30.2 Å². The number of benzene rings is 2. The molecule has 166 valence electrons. The number of fused-ring (bicyclic) bond motifs is 1. The largest absolute Gasteiger partial charge is 0.493 e. The maximum absolute atomic E-state index is 13.5. The SMILES string of the molecule is CCCOc1c(OC)cccc1[C@@H]1CC(=O)Nc2c1sc(C(=O)O)c2-c1ccc(F)cc1. The molecule has 1 aromatic heterocycles. The van der Waals surface area contributed by atoms with Crippen molar-refractivity contribution in [3.63, 3.8) is 0 Å². The minimum absolute atomic E-state index is 0.0905. The van der Waals surface area contributed by atoms with Crippen LogP contribution in [0.25, 0.3) is 11.1 Å². The minimum atomic E-state index is -1.11. The predicted molar refractivity (Wildman–Crippen MR) is 121 cm³/mol. The molecular formula is C24H22FNO5S. The molecule has 2 N–H and O–H groups in total. The molecule has 0 radical (unpaired) electrons. The molecule has 0 unspecified atom stereocenters. The Bertz CT molecular complexity index is 1170. The molecule has 1 atom stereocenters. The van der Waals surface area contributed by atoms with Gasteiger partial charge in [-0.25, -0.2) is 9.18 Å². The lowest BCUT2D eigenvalue weighted by molar-refractivity contribution is -0.116. The van der Waals surface area contributed by atoms with Crippen LogP contribution >= 0.6 is 11.3 Å². The lowest BCUT2D eigenvalue weighted by Crippen LogP contribution is -2.23. The summed E-state index contributed by atoms with van der Waals surface area (Å²) in [7, 11) is 1.55. The zero-order chi connectivity index (χ0) is 22.8. The van der Waals surface area contributed by atoms with Crippen LogP contribution in [0, 0.1) is 5.82 Å². The van der Waals surface area contributed by atoms with Gasteiger partial charge in [0.1, 0.15) is 10.7 Å². The Morgan fingerprint density at radius 3 is 2.66 bits per heavy atom. The number of amides is 1. The number of carbonyl (C=O) groups excluding carboxylic acids is 1. The first-order valence-electron chi connectivity index (χ1n) is 10.2. The lowest BCUT2D eigenvalue weighted by atomic mass is 9.88. The summed E-state index contributed by atoms with van der Waals surface area (Å²) in [6.45, 7) is 2.47. The first-order chi connectivity index (χ1) is 15.4. The Morgan fingerprint density at radius 2 is 2.00 bits per heavy atom. The number of carboxylic acids is 1. The summed E-state index contributed by atoms with van der Waals surface area (Å²) >= 11 is 1.12. The third-order valence-electron chi connectivity index (χ3n) is 5.29. The van der Waals surface area contributed by atoms with Gasteiger partial charge in [0.15, 0.2) is 11.5 Å². The summed E-state index contributed by atoms with van der Waals surface area (Å²) in [5.41, 5.74) is 2.12. The van der Waals surface area contributed by atoms with Crippen LogP contribution in [0.5, 0.6) is 11.5 Å². The van der Waals surface area contributed by atoms with E-state index in [1.807, 2.05) is 19.1 Å². The van der Waals surface area contributed by atoms with Crippen LogP contribution in [-0.4, -0.2) is 30.7 Å². The van der Waals surface area contributed by atoms with Gasteiger partial charge in [-0.15, -0.1) is 11.3 Å². The van der Waals surface area contributed by atoms with Crippen molar-refractivity contribution in [1.82, 2.24) is 0 Å². The number of carboxylic acid groups (broad SMARTS) is 1. The highest BCUT2D eigenvalue weighted by Gasteiger charge is 2.36. The normalized spacial score (nSPS) is 15.1. The van der Waals surface area contributed by atoms with Gasteiger partial charge >= 0.3 is 5.97 Å². The molecule has 2 heterocycles. The Hall–Kier alpha value is -3.39. The molecule has 3 aromatic rings. The maximum Gasteiger partial charge on any atom is 0.346 e. The minimum Gasteiger partial charge on any atom is -0.493 e. The number of anilines is 1. The van der Waals surface area contributed by atoms with E-state index in [0.717, 1.165) is 28.2 Å². The van der Waals surface area contributed by atoms with Crippen LogP contribution in [0.1, 0.15) is 45.8 Å². The second kappa shape index (κ2) is 9.00. The fourth-order valence-corrected chi connectivity index (χ4v) is 5.14. The van der Waals surface area contributed by atoms with Crippen molar-refractivity contribution in [2.75, 3.05) is 19.0 Å². The second-order valence-corrected chi connectivity index (χ2v) is 8.44. The predicted octanol–water partition coefficient (Wildman–Crippen LogP) is 5.52. The van der Waals surface area contributed by atoms with Gasteiger partial charge in [0.2, 0.25) is 5.91 Å². The fourth-order valence-electron chi connectivity index (χ4n) is 3.91. The summed E-state index contributed by atoms with van der Waals surface area (Å²) in [6.07, 6.45) is 0.940. The van der Waals surface area contributed by atoms with Crippen LogP contribution in [0.15, 0.2) is 42.5 Å². The highest BCUT2D eigenvalue weighted by molar-refractivity contribution is 7.15. The number of thiophene rings is 1. The van der Waals surface area contributed by atoms with E-state index >= 15 is 0 Å². The quantitative estimate of drug-likeness (QED) is 0.490. The van der Waals surface area contributed by atoms with Crippen molar-refractivity contribution >= 4 is 28.9 Å². The van der Waals surface area contributed by atoms with Gasteiger partial charge in [0.25, 0.3) is 0 Å². The molecule has 32 heavy (non-hydrogen) atoms. The molecule has 6 nitrogen and oxygen atoms in total. The molecule has 0 bridgehead atoms. The van der Waals surface area contributed by atoms with Crippen molar-refractivity contribution in [2.24, 2.45) is 0 Å². The van der Waals surface area contributed by atoms with Gasteiger partial charge in [0.05, 0.1) is 19.4 Å². The molecule has 8 heteroatoms. The first-order valence-corrected chi connectivity index (χ1v) is 11.0. The van der Waals surface area contributed by atoms with Gasteiger partial charge in [-0.1, -0.05) is 31.2 Å². The Balaban J connectivity index is 1.92. The number of halogens is 1. The van der Waals surface area contributed by atoms with E-state index in [-0.39, 0.29) is 17.2 Å². The van der Waals surface area contributed by atoms with Crippen molar-refractivity contribution in [2.45, 2.75) is 25.7 Å². The summed E-state index contributed by atoms with van der Waals surface area (Å²) in [5, 5.41) is 12.7. The number of rotatable bonds is 7. The molecule has 2 aromatic carbocycles. The van der Waals surface area contributed by atoms with Crippen LogP contribution < -0.4 is 14.8 Å². The third-order valence-corrected chi connectivity index (χ3v) is 6.58. The molecule has 1 aliphatic heterocycles. The van der Waals surface area contributed by atoms with E-state index < -0.39 is 17.7 Å². The number of ether oxygens (including phenoxy) is 2. The average Bonchev–Trinajstić information content (AvgIpc) is 3.17.